The van der Waals surface area contributed by atoms with Crippen molar-refractivity contribution < 1.29 is 14.3 Å². The van der Waals surface area contributed by atoms with Gasteiger partial charge >= 0.3 is 5.97 Å². The van der Waals surface area contributed by atoms with Crippen molar-refractivity contribution in [2.45, 2.75) is 71.6 Å². The summed E-state index contributed by atoms with van der Waals surface area (Å²) in [4.78, 5) is 22.5. The Morgan fingerprint density at radius 1 is 0.824 bits per heavy atom. The van der Waals surface area contributed by atoms with Crippen LogP contribution in [0, 0.1) is 0 Å². The van der Waals surface area contributed by atoms with Crippen molar-refractivity contribution in [3.8, 4) is 0 Å². The number of ketones is 1. The van der Waals surface area contributed by atoms with Gasteiger partial charge in [-0.1, -0.05) is 33.1 Å². The molecule has 0 aliphatic rings. The fourth-order valence-electron chi connectivity index (χ4n) is 1.61. The molecule has 0 saturated heterocycles. The van der Waals surface area contributed by atoms with Gasteiger partial charge in [0.2, 0.25) is 0 Å². The van der Waals surface area contributed by atoms with Gasteiger partial charge in [-0.05, 0) is 19.3 Å². The molecule has 0 atom stereocenters. The van der Waals surface area contributed by atoms with Crippen LogP contribution >= 0.6 is 0 Å². The third kappa shape index (κ3) is 11.4. The van der Waals surface area contributed by atoms with Gasteiger partial charge in [0.1, 0.15) is 5.78 Å². The standard InChI is InChI=1S/C14H26O3/c1-3-5-6-7-10-13(15)11-8-12-17-14(16)9-4-2/h3-12H2,1-2H3. The first-order chi connectivity index (χ1) is 8.20. The average Bonchev–Trinajstić information content (AvgIpc) is 2.31. The van der Waals surface area contributed by atoms with E-state index >= 15 is 0 Å². The van der Waals surface area contributed by atoms with Crippen LogP contribution in [0.4, 0.5) is 0 Å². The van der Waals surface area contributed by atoms with E-state index in [0.717, 1.165) is 19.3 Å². The predicted octanol–water partition coefficient (Wildman–Crippen LogP) is 3.65. The summed E-state index contributed by atoms with van der Waals surface area (Å²) in [5.74, 6) is 0.149. The van der Waals surface area contributed by atoms with Crippen molar-refractivity contribution in [3.63, 3.8) is 0 Å². The van der Waals surface area contributed by atoms with Crippen molar-refractivity contribution in [2.24, 2.45) is 0 Å². The number of ether oxygens (including phenoxy) is 1. The van der Waals surface area contributed by atoms with Crippen molar-refractivity contribution in [1.29, 1.82) is 0 Å². The van der Waals surface area contributed by atoms with Crippen molar-refractivity contribution >= 4 is 11.8 Å². The zero-order valence-corrected chi connectivity index (χ0v) is 11.3. The van der Waals surface area contributed by atoms with Crippen molar-refractivity contribution in [1.82, 2.24) is 0 Å². The predicted molar refractivity (Wildman–Crippen MR) is 68.9 cm³/mol. The normalized spacial score (nSPS) is 10.2. The molecule has 17 heavy (non-hydrogen) atoms. The Kier molecular flexibility index (Phi) is 11.0. The molecule has 0 aromatic heterocycles. The summed E-state index contributed by atoms with van der Waals surface area (Å²) in [5.41, 5.74) is 0. The average molecular weight is 242 g/mol. The van der Waals surface area contributed by atoms with E-state index in [1.54, 1.807) is 0 Å². The summed E-state index contributed by atoms with van der Waals surface area (Å²) < 4.78 is 4.98. The van der Waals surface area contributed by atoms with Gasteiger partial charge in [0, 0.05) is 19.3 Å². The molecule has 0 aromatic rings. The van der Waals surface area contributed by atoms with Crippen LogP contribution in [0.25, 0.3) is 0 Å². The molecule has 100 valence electrons. The molecule has 0 N–H and O–H groups in total. The number of unbranched alkanes of at least 4 members (excludes halogenated alkanes) is 3. The second-order valence-corrected chi connectivity index (χ2v) is 4.42. The summed E-state index contributed by atoms with van der Waals surface area (Å²) in [6.45, 7) is 4.49. The molecule has 0 bridgehead atoms. The van der Waals surface area contributed by atoms with E-state index in [1.807, 2.05) is 6.92 Å². The molecule has 3 heteroatoms. The summed E-state index contributed by atoms with van der Waals surface area (Å²) >= 11 is 0. The molecular formula is C14H26O3. The number of hydrogen-bond donors (Lipinski definition) is 0. The Labute approximate surface area is 105 Å². The molecule has 0 saturated carbocycles. The van der Waals surface area contributed by atoms with Gasteiger partial charge in [0.15, 0.2) is 0 Å². The first kappa shape index (κ1) is 16.1. The lowest BCUT2D eigenvalue weighted by Gasteiger charge is -2.03. The number of carbonyl (C=O) groups excluding carboxylic acids is 2. The quantitative estimate of drug-likeness (QED) is 0.410. The highest BCUT2D eigenvalue weighted by molar-refractivity contribution is 5.78. The van der Waals surface area contributed by atoms with Gasteiger partial charge in [-0.2, -0.15) is 0 Å². The van der Waals surface area contributed by atoms with Crippen LogP contribution in [0.1, 0.15) is 71.6 Å². The maximum Gasteiger partial charge on any atom is 0.305 e. The van der Waals surface area contributed by atoms with E-state index in [4.69, 9.17) is 4.74 Å². The van der Waals surface area contributed by atoms with Crippen LogP contribution in [0.2, 0.25) is 0 Å². The maximum absolute atomic E-state index is 11.4. The second kappa shape index (κ2) is 11.6. The summed E-state index contributed by atoms with van der Waals surface area (Å²) in [6.07, 6.45) is 7.75. The number of carbonyl (C=O) groups is 2. The minimum absolute atomic E-state index is 0.150. The highest BCUT2D eigenvalue weighted by atomic mass is 16.5. The zero-order valence-electron chi connectivity index (χ0n) is 11.3. The third-order valence-electron chi connectivity index (χ3n) is 2.63. The topological polar surface area (TPSA) is 43.4 Å². The number of esters is 1. The number of rotatable bonds is 11. The maximum atomic E-state index is 11.4. The Morgan fingerprint density at radius 2 is 1.53 bits per heavy atom. The Morgan fingerprint density at radius 3 is 2.18 bits per heavy atom. The monoisotopic (exact) mass is 242 g/mol. The number of Topliss-reactive ketones (excluding diaryl/α,β-unsaturated/α-hetero) is 1. The van der Waals surface area contributed by atoms with Crippen LogP contribution < -0.4 is 0 Å². The van der Waals surface area contributed by atoms with Gasteiger partial charge in [-0.3, -0.25) is 9.59 Å². The van der Waals surface area contributed by atoms with Crippen LogP contribution in [0.3, 0.4) is 0 Å². The smallest absolute Gasteiger partial charge is 0.305 e. The fraction of sp³-hybridized carbons (Fsp3) is 0.857. The Balaban J connectivity index is 3.30. The molecule has 0 amide bonds. The van der Waals surface area contributed by atoms with E-state index < -0.39 is 0 Å². The Bertz CT molecular complexity index is 212. The summed E-state index contributed by atoms with van der Waals surface area (Å²) in [7, 11) is 0. The van der Waals surface area contributed by atoms with Gasteiger partial charge < -0.3 is 4.74 Å². The molecular weight excluding hydrogens is 216 g/mol. The lowest BCUT2D eigenvalue weighted by atomic mass is 10.1. The van der Waals surface area contributed by atoms with E-state index in [0.29, 0.717) is 38.1 Å². The van der Waals surface area contributed by atoms with E-state index in [2.05, 4.69) is 6.92 Å². The van der Waals surface area contributed by atoms with Gasteiger partial charge in [-0.15, -0.1) is 0 Å². The van der Waals surface area contributed by atoms with E-state index in [1.165, 1.54) is 12.8 Å². The molecule has 0 fully saturated rings. The highest BCUT2D eigenvalue weighted by Crippen LogP contribution is 2.06. The van der Waals surface area contributed by atoms with E-state index in [-0.39, 0.29) is 5.97 Å². The van der Waals surface area contributed by atoms with E-state index in [9.17, 15) is 9.59 Å². The third-order valence-corrected chi connectivity index (χ3v) is 2.63. The summed E-state index contributed by atoms with van der Waals surface area (Å²) in [6, 6.07) is 0. The van der Waals surface area contributed by atoms with Gasteiger partial charge in [0.25, 0.3) is 0 Å². The largest absolute Gasteiger partial charge is 0.466 e. The van der Waals surface area contributed by atoms with Crippen molar-refractivity contribution in [2.75, 3.05) is 6.61 Å². The lowest BCUT2D eigenvalue weighted by Crippen LogP contribution is -2.07. The molecule has 0 aromatic carbocycles. The molecule has 0 heterocycles. The summed E-state index contributed by atoms with van der Waals surface area (Å²) in [5, 5.41) is 0. The second-order valence-electron chi connectivity index (χ2n) is 4.42. The molecule has 0 spiro atoms. The van der Waals surface area contributed by atoms with Crippen molar-refractivity contribution in [3.05, 3.63) is 0 Å². The molecule has 3 nitrogen and oxygen atoms in total. The van der Waals surface area contributed by atoms with Crippen LogP contribution in [-0.4, -0.2) is 18.4 Å². The highest BCUT2D eigenvalue weighted by Gasteiger charge is 2.04. The fourth-order valence-corrected chi connectivity index (χ4v) is 1.61. The number of hydrogen-bond acceptors (Lipinski definition) is 3. The molecule has 0 aliphatic heterocycles. The molecule has 0 radical (unpaired) electrons. The first-order valence-electron chi connectivity index (χ1n) is 6.88. The van der Waals surface area contributed by atoms with Crippen LogP contribution in [0.5, 0.6) is 0 Å². The molecule has 0 rings (SSSR count). The van der Waals surface area contributed by atoms with Gasteiger partial charge in [0.05, 0.1) is 6.61 Å². The SMILES string of the molecule is CCCCCCC(=O)CCCOC(=O)CCC. The van der Waals surface area contributed by atoms with Gasteiger partial charge in [-0.25, -0.2) is 0 Å². The molecule has 0 aliphatic carbocycles. The lowest BCUT2D eigenvalue weighted by molar-refractivity contribution is -0.144. The minimum Gasteiger partial charge on any atom is -0.466 e. The minimum atomic E-state index is -0.150. The van der Waals surface area contributed by atoms with Crippen LogP contribution in [-0.2, 0) is 14.3 Å². The first-order valence-corrected chi connectivity index (χ1v) is 6.88. The zero-order chi connectivity index (χ0) is 12.9. The molecule has 0 unspecified atom stereocenters. The Hall–Kier alpha value is -0.860. The van der Waals surface area contributed by atoms with Crippen LogP contribution in [0.15, 0.2) is 0 Å².